The highest BCUT2D eigenvalue weighted by Gasteiger charge is 2.14. The first kappa shape index (κ1) is 19.0. The maximum Gasteiger partial charge on any atom is 0.387 e. The molecule has 0 aromatic heterocycles. The first-order valence-electron chi connectivity index (χ1n) is 8.22. The minimum absolute atomic E-state index is 0.0381. The van der Waals surface area contributed by atoms with E-state index in [1.807, 2.05) is 30.3 Å². The molecule has 3 rings (SSSR count). The van der Waals surface area contributed by atoms with Crippen LogP contribution < -0.4 is 9.47 Å². The molecule has 0 saturated carbocycles. The van der Waals surface area contributed by atoms with Crippen molar-refractivity contribution in [1.82, 2.24) is 0 Å². The molecular formula is C21H18F2O3S. The molecular weight excluding hydrogens is 370 g/mol. The van der Waals surface area contributed by atoms with Crippen molar-refractivity contribution < 1.29 is 22.5 Å². The first-order valence-corrected chi connectivity index (χ1v) is 9.78. The zero-order chi connectivity index (χ0) is 19.2. The van der Waals surface area contributed by atoms with Crippen molar-refractivity contribution >= 4 is 10.8 Å². The molecule has 1 atom stereocenters. The molecule has 140 valence electrons. The van der Waals surface area contributed by atoms with Crippen molar-refractivity contribution in [2.75, 3.05) is 6.26 Å². The second-order valence-electron chi connectivity index (χ2n) is 5.79. The summed E-state index contributed by atoms with van der Waals surface area (Å²) >= 11 is 0. The SMILES string of the molecule is CS(=O)c1cccc(-c2cc(OCc3ccccc3)ccc2OC(F)F)c1. The predicted molar refractivity (Wildman–Crippen MR) is 102 cm³/mol. The van der Waals surface area contributed by atoms with Gasteiger partial charge in [0.1, 0.15) is 18.1 Å². The van der Waals surface area contributed by atoms with Gasteiger partial charge >= 0.3 is 6.61 Å². The summed E-state index contributed by atoms with van der Waals surface area (Å²) in [6, 6.07) is 21.2. The van der Waals surface area contributed by atoms with Crippen LogP contribution in [0, 0.1) is 0 Å². The molecule has 0 fully saturated rings. The van der Waals surface area contributed by atoms with E-state index in [9.17, 15) is 13.0 Å². The van der Waals surface area contributed by atoms with E-state index in [-0.39, 0.29) is 5.75 Å². The summed E-state index contributed by atoms with van der Waals surface area (Å²) in [5.41, 5.74) is 2.08. The van der Waals surface area contributed by atoms with Gasteiger partial charge in [-0.05, 0) is 41.5 Å². The van der Waals surface area contributed by atoms with Gasteiger partial charge in [0.2, 0.25) is 0 Å². The van der Waals surface area contributed by atoms with Crippen molar-refractivity contribution in [3.63, 3.8) is 0 Å². The molecule has 0 aliphatic rings. The van der Waals surface area contributed by atoms with Crippen LogP contribution in [0.25, 0.3) is 11.1 Å². The predicted octanol–water partition coefficient (Wildman–Crippen LogP) is 5.27. The first-order chi connectivity index (χ1) is 13.0. The van der Waals surface area contributed by atoms with Crippen molar-refractivity contribution in [2.24, 2.45) is 0 Å². The molecule has 27 heavy (non-hydrogen) atoms. The van der Waals surface area contributed by atoms with Crippen LogP contribution in [0.1, 0.15) is 5.56 Å². The third kappa shape index (κ3) is 5.14. The Balaban J connectivity index is 1.93. The number of ether oxygens (including phenoxy) is 2. The zero-order valence-electron chi connectivity index (χ0n) is 14.6. The van der Waals surface area contributed by atoms with Crippen molar-refractivity contribution in [3.05, 3.63) is 78.4 Å². The minimum Gasteiger partial charge on any atom is -0.489 e. The number of rotatable bonds is 7. The summed E-state index contributed by atoms with van der Waals surface area (Å²) in [5.74, 6) is 0.564. The Morgan fingerprint density at radius 2 is 1.74 bits per heavy atom. The lowest BCUT2D eigenvalue weighted by atomic mass is 10.0. The summed E-state index contributed by atoms with van der Waals surface area (Å²) in [6.45, 7) is -2.59. The van der Waals surface area contributed by atoms with Crippen LogP contribution in [0.4, 0.5) is 8.78 Å². The van der Waals surface area contributed by atoms with Gasteiger partial charge in [0, 0.05) is 27.5 Å². The molecule has 3 aromatic rings. The van der Waals surface area contributed by atoms with E-state index in [4.69, 9.17) is 4.74 Å². The zero-order valence-corrected chi connectivity index (χ0v) is 15.4. The quantitative estimate of drug-likeness (QED) is 0.553. The van der Waals surface area contributed by atoms with Gasteiger partial charge in [0.15, 0.2) is 0 Å². The van der Waals surface area contributed by atoms with Crippen molar-refractivity contribution in [2.45, 2.75) is 18.1 Å². The van der Waals surface area contributed by atoms with Gasteiger partial charge in [-0.1, -0.05) is 42.5 Å². The Morgan fingerprint density at radius 1 is 0.963 bits per heavy atom. The Labute approximate surface area is 159 Å². The van der Waals surface area contributed by atoms with Gasteiger partial charge in [0.05, 0.1) is 0 Å². The van der Waals surface area contributed by atoms with Gasteiger partial charge in [-0.25, -0.2) is 0 Å². The maximum atomic E-state index is 12.8. The number of hydrogen-bond acceptors (Lipinski definition) is 3. The van der Waals surface area contributed by atoms with E-state index >= 15 is 0 Å². The van der Waals surface area contributed by atoms with Gasteiger partial charge in [-0.3, -0.25) is 4.21 Å². The number of alkyl halides is 2. The average Bonchev–Trinajstić information content (AvgIpc) is 2.67. The molecule has 0 N–H and O–H groups in total. The fraction of sp³-hybridized carbons (Fsp3) is 0.143. The molecule has 0 spiro atoms. The normalized spacial score (nSPS) is 12.0. The van der Waals surface area contributed by atoms with Crippen molar-refractivity contribution in [1.29, 1.82) is 0 Å². The summed E-state index contributed by atoms with van der Waals surface area (Å²) in [5, 5.41) is 0. The average molecular weight is 388 g/mol. The van der Waals surface area contributed by atoms with Gasteiger partial charge in [0.25, 0.3) is 0 Å². The number of halogens is 2. The van der Waals surface area contributed by atoms with Crippen LogP contribution in [0.2, 0.25) is 0 Å². The summed E-state index contributed by atoms with van der Waals surface area (Å²) in [7, 11) is -1.18. The van der Waals surface area contributed by atoms with E-state index < -0.39 is 17.4 Å². The maximum absolute atomic E-state index is 12.8. The Bertz CT molecular complexity index is 930. The molecule has 1 unspecified atom stereocenters. The summed E-state index contributed by atoms with van der Waals surface area (Å²) in [6.07, 6.45) is 1.56. The van der Waals surface area contributed by atoms with E-state index in [0.717, 1.165) is 5.56 Å². The van der Waals surface area contributed by atoms with Crippen molar-refractivity contribution in [3.8, 4) is 22.6 Å². The molecule has 0 saturated heterocycles. The third-order valence-electron chi connectivity index (χ3n) is 3.89. The summed E-state index contributed by atoms with van der Waals surface area (Å²) < 4.78 is 47.8. The van der Waals surface area contributed by atoms with Crippen LogP contribution in [0.15, 0.2) is 77.7 Å². The molecule has 0 bridgehead atoms. The molecule has 3 aromatic carbocycles. The highest BCUT2D eigenvalue weighted by Crippen LogP contribution is 2.35. The van der Waals surface area contributed by atoms with Gasteiger partial charge in [-0.2, -0.15) is 8.78 Å². The Hall–Kier alpha value is -2.73. The van der Waals surface area contributed by atoms with Crippen LogP contribution in [-0.2, 0) is 17.4 Å². The smallest absolute Gasteiger partial charge is 0.387 e. The second kappa shape index (κ2) is 8.77. The lowest BCUT2D eigenvalue weighted by Gasteiger charge is -2.14. The van der Waals surface area contributed by atoms with Gasteiger partial charge < -0.3 is 9.47 Å². The number of benzene rings is 3. The highest BCUT2D eigenvalue weighted by molar-refractivity contribution is 7.84. The van der Waals surface area contributed by atoms with Crippen LogP contribution >= 0.6 is 0 Å². The molecule has 0 amide bonds. The fourth-order valence-electron chi connectivity index (χ4n) is 2.61. The monoisotopic (exact) mass is 388 g/mol. The molecule has 0 aliphatic heterocycles. The van der Waals surface area contributed by atoms with E-state index in [2.05, 4.69) is 4.74 Å². The molecule has 3 nitrogen and oxygen atoms in total. The molecule has 0 aliphatic carbocycles. The third-order valence-corrected chi connectivity index (χ3v) is 4.81. The fourth-order valence-corrected chi connectivity index (χ4v) is 3.17. The second-order valence-corrected chi connectivity index (χ2v) is 7.17. The van der Waals surface area contributed by atoms with E-state index in [0.29, 0.717) is 28.4 Å². The van der Waals surface area contributed by atoms with Gasteiger partial charge in [-0.15, -0.1) is 0 Å². The summed E-state index contributed by atoms with van der Waals surface area (Å²) in [4.78, 5) is 0.603. The Kier molecular flexibility index (Phi) is 6.19. The lowest BCUT2D eigenvalue weighted by Crippen LogP contribution is -2.04. The molecule has 0 heterocycles. The largest absolute Gasteiger partial charge is 0.489 e. The Morgan fingerprint density at radius 3 is 2.44 bits per heavy atom. The van der Waals surface area contributed by atoms with Crippen LogP contribution in [0.5, 0.6) is 11.5 Å². The number of hydrogen-bond donors (Lipinski definition) is 0. The van der Waals surface area contributed by atoms with E-state index in [1.165, 1.54) is 6.07 Å². The van der Waals surface area contributed by atoms with E-state index in [1.54, 1.807) is 42.7 Å². The lowest BCUT2D eigenvalue weighted by molar-refractivity contribution is -0.0494. The standard InChI is InChI=1S/C21H18F2O3S/c1-27(24)18-9-5-8-16(12-18)19-13-17(10-11-20(19)26-21(22)23)25-14-15-6-3-2-4-7-15/h2-13,21H,14H2,1H3. The van der Waals surface area contributed by atoms with Crippen LogP contribution in [-0.4, -0.2) is 17.1 Å². The molecule has 0 radical (unpaired) electrons. The van der Waals surface area contributed by atoms with Crippen LogP contribution in [0.3, 0.4) is 0 Å². The minimum atomic E-state index is -2.94. The topological polar surface area (TPSA) is 35.5 Å². The molecule has 6 heteroatoms. The highest BCUT2D eigenvalue weighted by atomic mass is 32.2.